The molecule has 6 aliphatic rings. The van der Waals surface area contributed by atoms with Crippen LogP contribution in [-0.2, 0) is 9.47 Å². The minimum Gasteiger partial charge on any atom is -0.393 e. The molecule has 1 N–H and O–H groups in total. The van der Waals surface area contributed by atoms with Gasteiger partial charge in [-0.25, -0.2) is 0 Å². The third-order valence-corrected chi connectivity index (χ3v) is 11.9. The number of rotatable bonds is 4. The third kappa shape index (κ3) is 2.61. The molecule has 11 atom stereocenters. The van der Waals surface area contributed by atoms with E-state index in [4.69, 9.17) is 9.47 Å². The Morgan fingerprint density at radius 1 is 0.967 bits per heavy atom. The highest BCUT2D eigenvalue weighted by atomic mass is 16.6. The number of aliphatic hydroxyl groups excluding tert-OH is 1. The van der Waals surface area contributed by atoms with Gasteiger partial charge in [0.1, 0.15) is 5.60 Å². The van der Waals surface area contributed by atoms with E-state index in [1.165, 1.54) is 51.4 Å². The number of hydrogen-bond donors (Lipinski definition) is 1. The van der Waals surface area contributed by atoms with Crippen molar-refractivity contribution in [3.63, 3.8) is 0 Å². The number of fused-ring (bicyclic) bond motifs is 4. The highest BCUT2D eigenvalue weighted by molar-refractivity contribution is 5.24. The molecule has 3 nitrogen and oxygen atoms in total. The van der Waals surface area contributed by atoms with Gasteiger partial charge in [-0.05, 0) is 107 Å². The van der Waals surface area contributed by atoms with Crippen molar-refractivity contribution in [2.24, 2.45) is 40.4 Å². The Kier molecular flexibility index (Phi) is 4.27. The first-order valence-corrected chi connectivity index (χ1v) is 13.1. The average Bonchev–Trinajstić information content (AvgIpc) is 3.49. The van der Waals surface area contributed by atoms with Gasteiger partial charge >= 0.3 is 0 Å². The summed E-state index contributed by atoms with van der Waals surface area (Å²) >= 11 is 0. The molecule has 6 rings (SSSR count). The molecule has 2 saturated heterocycles. The molecule has 6 fully saturated rings. The lowest BCUT2D eigenvalue weighted by atomic mass is 9.44. The minimum absolute atomic E-state index is 0.0297. The predicted molar refractivity (Wildman–Crippen MR) is 118 cm³/mol. The van der Waals surface area contributed by atoms with Crippen molar-refractivity contribution in [3.8, 4) is 0 Å². The molecule has 1 spiro atoms. The number of hydrogen-bond acceptors (Lipinski definition) is 3. The average molecular weight is 417 g/mol. The van der Waals surface area contributed by atoms with Crippen molar-refractivity contribution in [1.29, 1.82) is 0 Å². The van der Waals surface area contributed by atoms with E-state index in [1.807, 2.05) is 0 Å². The van der Waals surface area contributed by atoms with Crippen LogP contribution >= 0.6 is 0 Å². The lowest BCUT2D eigenvalue weighted by Crippen LogP contribution is -2.58. The molecule has 0 amide bonds. The van der Waals surface area contributed by atoms with Gasteiger partial charge in [-0.15, -0.1) is 0 Å². The fourth-order valence-electron chi connectivity index (χ4n) is 9.99. The molecule has 2 heterocycles. The first-order chi connectivity index (χ1) is 14.1. The maximum Gasteiger partial charge on any atom is 0.103 e. The summed E-state index contributed by atoms with van der Waals surface area (Å²) in [4.78, 5) is 0. The molecule has 3 heteroatoms. The van der Waals surface area contributed by atoms with Crippen LogP contribution in [0.3, 0.4) is 0 Å². The van der Waals surface area contributed by atoms with E-state index in [9.17, 15) is 5.11 Å². The zero-order valence-electron chi connectivity index (χ0n) is 20.0. The zero-order valence-corrected chi connectivity index (χ0v) is 20.0. The van der Waals surface area contributed by atoms with Crippen LogP contribution in [0.2, 0.25) is 0 Å². The van der Waals surface area contributed by atoms with Crippen LogP contribution in [0.5, 0.6) is 0 Å². The molecule has 0 unspecified atom stereocenters. The van der Waals surface area contributed by atoms with Gasteiger partial charge in [0.15, 0.2) is 0 Å². The minimum atomic E-state index is -0.134. The van der Waals surface area contributed by atoms with Crippen LogP contribution in [0.15, 0.2) is 0 Å². The van der Waals surface area contributed by atoms with Gasteiger partial charge in [0.05, 0.1) is 23.9 Å². The monoisotopic (exact) mass is 416 g/mol. The summed E-state index contributed by atoms with van der Waals surface area (Å²) in [6, 6.07) is 0. The Labute approximate surface area is 183 Å². The molecule has 4 saturated carbocycles. The standard InChI is InChI=1S/C27H44O3/c1-16(6-9-22-24(2,3)29-22)19-7-8-20-18-14-23-27(30-23)15-17(28)10-13-26(27,5)21(18)11-12-25(19,20)4/h16-23,28H,6-15H2,1-5H3/t16-,17+,18+,19-,20+,21+,22+,23+,25-,26-,27+/m1/s1. The van der Waals surface area contributed by atoms with E-state index in [0.29, 0.717) is 23.0 Å². The topological polar surface area (TPSA) is 45.3 Å². The fourth-order valence-corrected chi connectivity index (χ4v) is 9.99. The lowest BCUT2D eigenvalue weighted by Gasteiger charge is -2.59. The quantitative estimate of drug-likeness (QED) is 0.595. The van der Waals surface area contributed by atoms with Crippen molar-refractivity contribution in [1.82, 2.24) is 0 Å². The van der Waals surface area contributed by atoms with Gasteiger partial charge in [0, 0.05) is 11.8 Å². The highest BCUT2D eigenvalue weighted by Crippen LogP contribution is 2.74. The van der Waals surface area contributed by atoms with Crippen molar-refractivity contribution in [2.75, 3.05) is 0 Å². The van der Waals surface area contributed by atoms with E-state index in [1.54, 1.807) is 0 Å². The first-order valence-electron chi connectivity index (χ1n) is 13.1. The lowest BCUT2D eigenvalue weighted by molar-refractivity contribution is -0.116. The first kappa shape index (κ1) is 20.5. The van der Waals surface area contributed by atoms with Crippen LogP contribution in [0.4, 0.5) is 0 Å². The Hall–Kier alpha value is -0.120. The molecular weight excluding hydrogens is 372 g/mol. The molecule has 0 aromatic carbocycles. The highest BCUT2D eigenvalue weighted by Gasteiger charge is 2.76. The summed E-state index contributed by atoms with van der Waals surface area (Å²) in [6.07, 6.45) is 13.4. The summed E-state index contributed by atoms with van der Waals surface area (Å²) in [7, 11) is 0. The number of ether oxygens (including phenoxy) is 2. The Morgan fingerprint density at radius 2 is 1.73 bits per heavy atom. The summed E-state index contributed by atoms with van der Waals surface area (Å²) in [6.45, 7) is 12.2. The zero-order chi connectivity index (χ0) is 21.1. The second kappa shape index (κ2) is 6.26. The van der Waals surface area contributed by atoms with Gasteiger partial charge in [-0.2, -0.15) is 0 Å². The van der Waals surface area contributed by atoms with Gasteiger partial charge < -0.3 is 14.6 Å². The van der Waals surface area contributed by atoms with Crippen LogP contribution < -0.4 is 0 Å². The van der Waals surface area contributed by atoms with E-state index in [2.05, 4.69) is 34.6 Å². The Balaban J connectivity index is 1.19. The number of aliphatic hydroxyl groups is 1. The Bertz CT molecular complexity index is 719. The van der Waals surface area contributed by atoms with Crippen molar-refractivity contribution >= 4 is 0 Å². The molecule has 2 aliphatic heterocycles. The molecular formula is C27H44O3. The third-order valence-electron chi connectivity index (χ3n) is 11.9. The second-order valence-corrected chi connectivity index (χ2v) is 13.4. The van der Waals surface area contributed by atoms with Crippen LogP contribution in [0.1, 0.15) is 98.8 Å². The molecule has 4 aliphatic carbocycles. The summed E-state index contributed by atoms with van der Waals surface area (Å²) in [5.41, 5.74) is 1.00. The van der Waals surface area contributed by atoms with Crippen molar-refractivity contribution in [3.05, 3.63) is 0 Å². The van der Waals surface area contributed by atoms with Crippen LogP contribution in [0, 0.1) is 40.4 Å². The van der Waals surface area contributed by atoms with Crippen molar-refractivity contribution in [2.45, 2.75) is 128 Å². The van der Waals surface area contributed by atoms with Crippen molar-refractivity contribution < 1.29 is 14.6 Å². The summed E-state index contributed by atoms with van der Waals surface area (Å²) < 4.78 is 12.4. The largest absolute Gasteiger partial charge is 0.393 e. The SMILES string of the molecule is C[C@H](CC[C@@H]1OC1(C)C)[C@H]1CC[C@H]2[C@@H]3C[C@@H]4O[C@@]45C[C@@H](O)CC[C@]5(C)[C@H]3CC[C@]12C. The van der Waals surface area contributed by atoms with Crippen LogP contribution in [-0.4, -0.2) is 34.6 Å². The molecule has 0 bridgehead atoms. The van der Waals surface area contributed by atoms with E-state index in [0.717, 1.165) is 42.4 Å². The van der Waals surface area contributed by atoms with Crippen LogP contribution in [0.25, 0.3) is 0 Å². The molecule has 0 radical (unpaired) electrons. The summed E-state index contributed by atoms with van der Waals surface area (Å²) in [5.74, 6) is 4.27. The normalized spacial score (nSPS) is 58.8. The predicted octanol–water partition coefficient (Wildman–Crippen LogP) is 5.73. The number of epoxide rings is 2. The Morgan fingerprint density at radius 3 is 2.47 bits per heavy atom. The van der Waals surface area contributed by atoms with E-state index in [-0.39, 0.29) is 17.3 Å². The molecule has 0 aromatic heterocycles. The van der Waals surface area contributed by atoms with Gasteiger partial charge in [-0.1, -0.05) is 20.8 Å². The van der Waals surface area contributed by atoms with Gasteiger partial charge in [0.2, 0.25) is 0 Å². The molecule has 30 heavy (non-hydrogen) atoms. The van der Waals surface area contributed by atoms with Gasteiger partial charge in [0.25, 0.3) is 0 Å². The molecule has 0 aromatic rings. The van der Waals surface area contributed by atoms with E-state index >= 15 is 0 Å². The van der Waals surface area contributed by atoms with Gasteiger partial charge in [-0.3, -0.25) is 0 Å². The maximum absolute atomic E-state index is 10.4. The molecule has 170 valence electrons. The summed E-state index contributed by atoms with van der Waals surface area (Å²) in [5, 5.41) is 10.4. The fraction of sp³-hybridized carbons (Fsp3) is 1.00. The van der Waals surface area contributed by atoms with E-state index < -0.39 is 0 Å². The second-order valence-electron chi connectivity index (χ2n) is 13.4. The smallest absolute Gasteiger partial charge is 0.103 e. The maximum atomic E-state index is 10.4.